The highest BCUT2D eigenvalue weighted by molar-refractivity contribution is 6.07. The average Bonchev–Trinajstić information content (AvgIpc) is 3.04. The Morgan fingerprint density at radius 3 is 2.90 bits per heavy atom. The molecule has 4 amide bonds. The lowest BCUT2D eigenvalue weighted by Crippen LogP contribution is -2.52. The molecule has 1 unspecified atom stereocenters. The molecule has 3 heterocycles. The quantitative estimate of drug-likeness (QED) is 0.693. The molecule has 2 aliphatic rings. The normalized spacial score (nSPS) is 18.2. The Kier molecular flexibility index (Phi) is 5.23. The average molecular weight is 409 g/mol. The summed E-state index contributed by atoms with van der Waals surface area (Å²) in [7, 11) is 1.55. The molecule has 0 spiro atoms. The van der Waals surface area contributed by atoms with Crippen molar-refractivity contribution in [2.24, 2.45) is 0 Å². The Bertz CT molecular complexity index is 1050. The van der Waals surface area contributed by atoms with Gasteiger partial charge in [0.1, 0.15) is 6.04 Å². The summed E-state index contributed by atoms with van der Waals surface area (Å²) in [6.45, 7) is 0.490. The lowest BCUT2D eigenvalue weighted by molar-refractivity contribution is -0.136. The van der Waals surface area contributed by atoms with Gasteiger partial charge in [0.05, 0.1) is 12.3 Å². The van der Waals surface area contributed by atoms with E-state index in [1.807, 2.05) is 0 Å². The van der Waals surface area contributed by atoms with E-state index >= 15 is 0 Å². The fourth-order valence-corrected chi connectivity index (χ4v) is 3.57. The number of aromatic nitrogens is 2. The number of nitrogens with one attached hydrogen (secondary N) is 2. The van der Waals surface area contributed by atoms with Gasteiger partial charge in [-0.3, -0.25) is 29.8 Å². The first-order valence-electron chi connectivity index (χ1n) is 9.36. The second-order valence-corrected chi connectivity index (χ2v) is 7.03. The summed E-state index contributed by atoms with van der Waals surface area (Å²) in [5, 5.41) is 4.89. The third-order valence-electron chi connectivity index (χ3n) is 5.02. The van der Waals surface area contributed by atoms with E-state index in [0.29, 0.717) is 29.0 Å². The second-order valence-electron chi connectivity index (χ2n) is 7.03. The van der Waals surface area contributed by atoms with Crippen molar-refractivity contribution in [3.05, 3.63) is 52.8 Å². The van der Waals surface area contributed by atoms with Gasteiger partial charge in [-0.25, -0.2) is 9.97 Å². The molecule has 0 saturated carbocycles. The van der Waals surface area contributed by atoms with Crippen LogP contribution in [0.3, 0.4) is 0 Å². The molecule has 10 nitrogen and oxygen atoms in total. The van der Waals surface area contributed by atoms with Gasteiger partial charge < -0.3 is 9.64 Å². The zero-order valence-corrected chi connectivity index (χ0v) is 16.2. The molecule has 154 valence electrons. The third kappa shape index (κ3) is 3.77. The number of amides is 4. The van der Waals surface area contributed by atoms with Crippen molar-refractivity contribution in [3.8, 4) is 0 Å². The summed E-state index contributed by atoms with van der Waals surface area (Å²) in [6.07, 6.45) is 2.00. The number of hydrogen-bond donors (Lipinski definition) is 2. The van der Waals surface area contributed by atoms with Crippen LogP contribution >= 0.6 is 0 Å². The summed E-state index contributed by atoms with van der Waals surface area (Å²) in [6, 6.07) is 5.72. The Hall–Kier alpha value is -3.66. The van der Waals surface area contributed by atoms with E-state index in [1.165, 1.54) is 11.1 Å². The molecule has 2 aliphatic heterocycles. The lowest BCUT2D eigenvalue weighted by Gasteiger charge is -2.29. The third-order valence-corrected chi connectivity index (χ3v) is 5.02. The van der Waals surface area contributed by atoms with E-state index in [4.69, 9.17) is 4.74 Å². The number of carbonyl (C=O) groups is 4. The molecule has 1 aromatic carbocycles. The van der Waals surface area contributed by atoms with Crippen LogP contribution in [0.15, 0.2) is 30.5 Å². The van der Waals surface area contributed by atoms with Gasteiger partial charge in [-0.1, -0.05) is 0 Å². The smallest absolute Gasteiger partial charge is 0.258 e. The van der Waals surface area contributed by atoms with Crippen LogP contribution < -0.4 is 10.6 Å². The molecule has 1 fully saturated rings. The number of nitrogens with zero attached hydrogens (tertiary/aromatic N) is 3. The molecular weight excluding hydrogens is 390 g/mol. The van der Waals surface area contributed by atoms with Crippen LogP contribution in [0.4, 0.5) is 5.95 Å². The number of fused-ring (bicyclic) bond motifs is 1. The van der Waals surface area contributed by atoms with Gasteiger partial charge in [0.25, 0.3) is 11.8 Å². The monoisotopic (exact) mass is 409 g/mol. The summed E-state index contributed by atoms with van der Waals surface area (Å²) < 4.78 is 5.02. The van der Waals surface area contributed by atoms with Crippen molar-refractivity contribution in [3.63, 3.8) is 0 Å². The van der Waals surface area contributed by atoms with Crippen molar-refractivity contribution < 1.29 is 23.9 Å². The van der Waals surface area contributed by atoms with E-state index in [0.717, 1.165) is 0 Å². The maximum Gasteiger partial charge on any atom is 0.258 e. The molecule has 1 aromatic heterocycles. The number of imide groups is 1. The number of rotatable bonds is 5. The van der Waals surface area contributed by atoms with Gasteiger partial charge in [0.2, 0.25) is 17.8 Å². The van der Waals surface area contributed by atoms with Crippen molar-refractivity contribution in [2.75, 3.05) is 12.4 Å². The molecule has 1 saturated heterocycles. The summed E-state index contributed by atoms with van der Waals surface area (Å²) >= 11 is 0. The number of benzene rings is 1. The van der Waals surface area contributed by atoms with Gasteiger partial charge in [-0.2, -0.15) is 0 Å². The molecule has 0 radical (unpaired) electrons. The summed E-state index contributed by atoms with van der Waals surface area (Å²) in [4.78, 5) is 58.5. The second kappa shape index (κ2) is 7.99. The van der Waals surface area contributed by atoms with Crippen molar-refractivity contribution in [1.29, 1.82) is 0 Å². The van der Waals surface area contributed by atoms with E-state index < -0.39 is 17.9 Å². The first-order chi connectivity index (χ1) is 14.5. The van der Waals surface area contributed by atoms with Crippen LogP contribution in [-0.4, -0.2) is 51.6 Å². The fourth-order valence-electron chi connectivity index (χ4n) is 3.57. The minimum atomic E-state index is -0.697. The highest BCUT2D eigenvalue weighted by atomic mass is 16.5. The van der Waals surface area contributed by atoms with Gasteiger partial charge in [-0.05, 0) is 36.2 Å². The molecule has 4 rings (SSSR count). The topological polar surface area (TPSA) is 131 Å². The number of carbonyl (C=O) groups excluding carboxylic acids is 4. The van der Waals surface area contributed by atoms with Gasteiger partial charge in [0, 0.05) is 37.4 Å². The van der Waals surface area contributed by atoms with E-state index in [-0.39, 0.29) is 37.1 Å². The molecule has 0 aliphatic carbocycles. The predicted molar refractivity (Wildman–Crippen MR) is 103 cm³/mol. The van der Waals surface area contributed by atoms with E-state index in [1.54, 1.807) is 31.4 Å². The van der Waals surface area contributed by atoms with Gasteiger partial charge in [0.15, 0.2) is 0 Å². The number of hydrogen-bond acceptors (Lipinski definition) is 7. The minimum Gasteiger partial charge on any atom is -0.378 e. The molecule has 2 N–H and O–H groups in total. The number of methoxy groups -OCH3 is 1. The number of piperidine rings is 1. The Labute approximate surface area is 171 Å². The zero-order chi connectivity index (χ0) is 21.3. The molecule has 2 aromatic rings. The number of anilines is 1. The highest BCUT2D eigenvalue weighted by Crippen LogP contribution is 2.28. The van der Waals surface area contributed by atoms with Crippen molar-refractivity contribution >= 4 is 29.6 Å². The summed E-state index contributed by atoms with van der Waals surface area (Å²) in [5.74, 6) is -1.37. The first-order valence-corrected chi connectivity index (χ1v) is 9.36. The van der Waals surface area contributed by atoms with Crippen LogP contribution in [0.2, 0.25) is 0 Å². The number of ether oxygens (including phenoxy) is 1. The SMILES string of the molecule is COCc1ccnc(NC(=O)c2ccc3c(c2)CN(C2CCC(=O)NC2=O)C3=O)n1. The summed E-state index contributed by atoms with van der Waals surface area (Å²) in [5.41, 5.74) is 2.05. The zero-order valence-electron chi connectivity index (χ0n) is 16.2. The molecular formula is C20H19N5O5. The maximum atomic E-state index is 12.7. The van der Waals surface area contributed by atoms with Crippen LogP contribution in [0, 0.1) is 0 Å². The fraction of sp³-hybridized carbons (Fsp3) is 0.300. The molecule has 30 heavy (non-hydrogen) atoms. The molecule has 0 bridgehead atoms. The van der Waals surface area contributed by atoms with Crippen LogP contribution in [0.5, 0.6) is 0 Å². The highest BCUT2D eigenvalue weighted by Gasteiger charge is 2.39. The largest absolute Gasteiger partial charge is 0.378 e. The van der Waals surface area contributed by atoms with Gasteiger partial charge in [-0.15, -0.1) is 0 Å². The molecule has 10 heteroatoms. The van der Waals surface area contributed by atoms with Gasteiger partial charge >= 0.3 is 0 Å². The predicted octanol–water partition coefficient (Wildman–Crippen LogP) is 0.636. The van der Waals surface area contributed by atoms with Crippen LogP contribution in [-0.2, 0) is 27.5 Å². The Morgan fingerprint density at radius 2 is 2.13 bits per heavy atom. The Balaban J connectivity index is 1.50. The lowest BCUT2D eigenvalue weighted by atomic mass is 10.0. The minimum absolute atomic E-state index is 0.149. The van der Waals surface area contributed by atoms with Crippen LogP contribution in [0.25, 0.3) is 0 Å². The standard InChI is InChI=1S/C20H19N5O5/c1-30-10-13-6-7-21-20(22-13)24-17(27)11-2-3-14-12(8-11)9-25(19(14)29)15-4-5-16(26)23-18(15)28/h2-3,6-8,15H,4-5,9-10H2,1H3,(H,23,26,28)(H,21,22,24,27). The van der Waals surface area contributed by atoms with E-state index in [9.17, 15) is 19.2 Å². The van der Waals surface area contributed by atoms with Crippen LogP contribution in [0.1, 0.15) is 44.8 Å². The van der Waals surface area contributed by atoms with Crippen molar-refractivity contribution in [1.82, 2.24) is 20.2 Å². The van der Waals surface area contributed by atoms with Crippen molar-refractivity contribution in [2.45, 2.75) is 32.0 Å². The van der Waals surface area contributed by atoms with E-state index in [2.05, 4.69) is 20.6 Å². The maximum absolute atomic E-state index is 12.7. The molecule has 1 atom stereocenters. The Morgan fingerprint density at radius 1 is 1.30 bits per heavy atom. The first kappa shape index (κ1) is 19.6.